The molecule has 0 amide bonds. The molecule has 0 bridgehead atoms. The Hall–Kier alpha value is -1.24. The van der Waals surface area contributed by atoms with Crippen molar-refractivity contribution in [2.24, 2.45) is 5.73 Å². The molecule has 1 heterocycles. The zero-order chi connectivity index (χ0) is 16.4. The molecular formula is C10H18N2O8S. The fourth-order valence-corrected chi connectivity index (χ4v) is 2.67. The van der Waals surface area contributed by atoms with Crippen LogP contribution in [0.1, 0.15) is 0 Å². The van der Waals surface area contributed by atoms with Crippen molar-refractivity contribution in [3.63, 3.8) is 0 Å². The van der Waals surface area contributed by atoms with E-state index in [1.807, 2.05) is 0 Å². The summed E-state index contributed by atoms with van der Waals surface area (Å²) in [7, 11) is -3.74. The Bertz CT molecular complexity index is 519. The second-order valence-corrected chi connectivity index (χ2v) is 6.43. The standard InChI is InChI=1S/C10H18N2O8S/c1-21(18,19)12-7-4(11)2-6(10(16)17)20-9(7)8(15)5(14)3-13/h2,4-5,7-9,12-15H,3,11H2,1H3,(H,16,17)/t4?,5-,7?,8+,9?/m1/s1. The molecule has 0 radical (unpaired) electrons. The molecule has 0 spiro atoms. The first kappa shape index (κ1) is 17.8. The summed E-state index contributed by atoms with van der Waals surface area (Å²) in [6.07, 6.45) is -3.04. The van der Waals surface area contributed by atoms with Crippen molar-refractivity contribution in [1.29, 1.82) is 0 Å². The molecular weight excluding hydrogens is 308 g/mol. The maximum Gasteiger partial charge on any atom is 0.370 e. The van der Waals surface area contributed by atoms with Crippen LogP contribution in [-0.2, 0) is 19.6 Å². The van der Waals surface area contributed by atoms with E-state index in [1.54, 1.807) is 0 Å². The van der Waals surface area contributed by atoms with Gasteiger partial charge in [-0.05, 0) is 6.08 Å². The fraction of sp³-hybridized carbons (Fsp3) is 0.700. The summed E-state index contributed by atoms with van der Waals surface area (Å²) in [5.74, 6) is -2.04. The summed E-state index contributed by atoms with van der Waals surface area (Å²) >= 11 is 0. The number of hydrogen-bond donors (Lipinski definition) is 6. The quantitative estimate of drug-likeness (QED) is 0.286. The molecule has 122 valence electrons. The molecule has 7 N–H and O–H groups in total. The summed E-state index contributed by atoms with van der Waals surface area (Å²) < 4.78 is 29.7. The van der Waals surface area contributed by atoms with Crippen molar-refractivity contribution in [3.05, 3.63) is 11.8 Å². The molecule has 5 atom stereocenters. The largest absolute Gasteiger partial charge is 0.479 e. The second kappa shape index (κ2) is 6.68. The van der Waals surface area contributed by atoms with Gasteiger partial charge in [-0.1, -0.05) is 0 Å². The highest BCUT2D eigenvalue weighted by Crippen LogP contribution is 2.22. The van der Waals surface area contributed by atoms with Crippen molar-refractivity contribution in [3.8, 4) is 0 Å². The van der Waals surface area contributed by atoms with E-state index in [2.05, 4.69) is 4.72 Å². The van der Waals surface area contributed by atoms with Crippen molar-refractivity contribution in [2.45, 2.75) is 30.4 Å². The molecule has 11 heteroatoms. The van der Waals surface area contributed by atoms with Crippen LogP contribution in [0.2, 0.25) is 0 Å². The van der Waals surface area contributed by atoms with Crippen molar-refractivity contribution < 1.29 is 38.4 Å². The lowest BCUT2D eigenvalue weighted by Gasteiger charge is -2.38. The number of carboxylic acids is 1. The molecule has 21 heavy (non-hydrogen) atoms. The number of sulfonamides is 1. The molecule has 0 fully saturated rings. The number of carboxylic acid groups (broad SMARTS) is 1. The molecule has 0 saturated carbocycles. The van der Waals surface area contributed by atoms with E-state index < -0.39 is 58.8 Å². The Balaban J connectivity index is 3.13. The molecule has 0 aromatic heterocycles. The van der Waals surface area contributed by atoms with Crippen LogP contribution < -0.4 is 10.5 Å². The van der Waals surface area contributed by atoms with Crippen LogP contribution in [-0.4, -0.2) is 78.1 Å². The maximum atomic E-state index is 11.3. The maximum absolute atomic E-state index is 11.3. The van der Waals surface area contributed by atoms with Gasteiger partial charge in [-0.3, -0.25) is 0 Å². The van der Waals surface area contributed by atoms with Crippen molar-refractivity contribution in [1.82, 2.24) is 4.72 Å². The van der Waals surface area contributed by atoms with Crippen LogP contribution in [0.5, 0.6) is 0 Å². The van der Waals surface area contributed by atoms with Gasteiger partial charge in [0.25, 0.3) is 0 Å². The highest BCUT2D eigenvalue weighted by Gasteiger charge is 2.43. The van der Waals surface area contributed by atoms with E-state index in [-0.39, 0.29) is 0 Å². The highest BCUT2D eigenvalue weighted by atomic mass is 32.2. The third-order valence-electron chi connectivity index (χ3n) is 2.85. The summed E-state index contributed by atoms with van der Waals surface area (Å²) in [5, 5.41) is 37.0. The number of aliphatic hydroxyl groups excluding tert-OH is 3. The molecule has 0 aromatic carbocycles. The minimum Gasteiger partial charge on any atom is -0.479 e. The SMILES string of the molecule is CS(=O)(=O)NC1C(N)C=C(C(=O)O)OC1[C@@H](O)[C@H](O)CO. The highest BCUT2D eigenvalue weighted by molar-refractivity contribution is 7.88. The van der Waals surface area contributed by atoms with E-state index in [0.717, 1.165) is 12.3 Å². The van der Waals surface area contributed by atoms with E-state index in [9.17, 15) is 23.4 Å². The summed E-state index contributed by atoms with van der Waals surface area (Å²) in [5.41, 5.74) is 5.68. The second-order valence-electron chi connectivity index (χ2n) is 4.65. The zero-order valence-corrected chi connectivity index (χ0v) is 11.9. The minimum absolute atomic E-state index is 0.580. The Morgan fingerprint density at radius 2 is 2.10 bits per heavy atom. The van der Waals surface area contributed by atoms with Crippen LogP contribution in [0.3, 0.4) is 0 Å². The van der Waals surface area contributed by atoms with Crippen molar-refractivity contribution >= 4 is 16.0 Å². The predicted octanol–water partition coefficient (Wildman–Crippen LogP) is -3.69. The molecule has 1 aliphatic heterocycles. The van der Waals surface area contributed by atoms with Gasteiger partial charge in [0, 0.05) is 6.04 Å². The first-order valence-corrected chi connectivity index (χ1v) is 7.77. The van der Waals surface area contributed by atoms with Gasteiger partial charge in [0.15, 0.2) is 0 Å². The number of aliphatic hydroxyl groups is 3. The third kappa shape index (κ3) is 4.62. The normalized spacial score (nSPS) is 29.2. The first-order valence-electron chi connectivity index (χ1n) is 5.88. The number of carbonyl (C=O) groups is 1. The Morgan fingerprint density at radius 3 is 2.52 bits per heavy atom. The third-order valence-corrected chi connectivity index (χ3v) is 3.55. The average molecular weight is 326 g/mol. The lowest BCUT2D eigenvalue weighted by molar-refractivity contribution is -0.144. The summed E-state index contributed by atoms with van der Waals surface area (Å²) in [6, 6.07) is -2.32. The van der Waals surface area contributed by atoms with Crippen LogP contribution in [0.15, 0.2) is 11.8 Å². The number of nitrogens with one attached hydrogen (secondary N) is 1. The number of nitrogens with two attached hydrogens (primary N) is 1. The lowest BCUT2D eigenvalue weighted by Crippen LogP contribution is -2.62. The molecule has 0 aliphatic carbocycles. The Labute approximate surface area is 120 Å². The van der Waals surface area contributed by atoms with Gasteiger partial charge in [-0.25, -0.2) is 17.9 Å². The van der Waals surface area contributed by atoms with Gasteiger partial charge in [0.05, 0.1) is 18.9 Å². The van der Waals surface area contributed by atoms with Gasteiger partial charge in [-0.15, -0.1) is 0 Å². The monoisotopic (exact) mass is 326 g/mol. The van der Waals surface area contributed by atoms with E-state index in [0.29, 0.717) is 0 Å². The predicted molar refractivity (Wildman–Crippen MR) is 69.4 cm³/mol. The molecule has 0 saturated heterocycles. The average Bonchev–Trinajstić information content (AvgIpc) is 2.37. The molecule has 1 rings (SSSR count). The Morgan fingerprint density at radius 1 is 1.52 bits per heavy atom. The smallest absolute Gasteiger partial charge is 0.370 e. The van der Waals surface area contributed by atoms with E-state index in [4.69, 9.17) is 20.7 Å². The fourth-order valence-electron chi connectivity index (χ4n) is 1.88. The minimum atomic E-state index is -3.74. The molecule has 1 aliphatic rings. The summed E-state index contributed by atoms with van der Waals surface area (Å²) in [6.45, 7) is -0.825. The number of hydrogen-bond acceptors (Lipinski definition) is 8. The zero-order valence-electron chi connectivity index (χ0n) is 11.1. The number of rotatable bonds is 6. The Kier molecular flexibility index (Phi) is 5.67. The molecule has 3 unspecified atom stereocenters. The number of ether oxygens (including phenoxy) is 1. The number of aliphatic carboxylic acids is 1. The lowest BCUT2D eigenvalue weighted by atomic mass is 9.93. The van der Waals surface area contributed by atoms with Gasteiger partial charge < -0.3 is 30.9 Å². The van der Waals surface area contributed by atoms with Crippen LogP contribution in [0.25, 0.3) is 0 Å². The molecule has 10 nitrogen and oxygen atoms in total. The van der Waals surface area contributed by atoms with Crippen LogP contribution >= 0.6 is 0 Å². The molecule has 0 aromatic rings. The first-order chi connectivity index (χ1) is 9.56. The van der Waals surface area contributed by atoms with E-state index >= 15 is 0 Å². The van der Waals surface area contributed by atoms with E-state index in [1.165, 1.54) is 0 Å². The van der Waals surface area contributed by atoms with Crippen molar-refractivity contribution in [2.75, 3.05) is 12.9 Å². The van der Waals surface area contributed by atoms with Gasteiger partial charge in [-0.2, -0.15) is 0 Å². The van der Waals surface area contributed by atoms with Crippen LogP contribution in [0.4, 0.5) is 0 Å². The summed E-state index contributed by atoms with van der Waals surface area (Å²) in [4.78, 5) is 10.9. The van der Waals surface area contributed by atoms with Gasteiger partial charge >= 0.3 is 5.97 Å². The van der Waals surface area contributed by atoms with Crippen LogP contribution in [0, 0.1) is 0 Å². The van der Waals surface area contributed by atoms with Gasteiger partial charge in [0.1, 0.15) is 18.3 Å². The van der Waals surface area contributed by atoms with Gasteiger partial charge in [0.2, 0.25) is 15.8 Å². The topological polar surface area (TPSA) is 179 Å².